The van der Waals surface area contributed by atoms with Gasteiger partial charge in [0.25, 0.3) is 5.91 Å². The Morgan fingerprint density at radius 2 is 2.05 bits per heavy atom. The number of hydrogen-bond acceptors (Lipinski definition) is 3. The maximum Gasteiger partial charge on any atom is 0.337 e. The molecule has 0 aliphatic heterocycles. The number of pyridine rings is 1. The summed E-state index contributed by atoms with van der Waals surface area (Å²) in [6.45, 7) is 0. The normalized spacial score (nSPS) is 10.1. The van der Waals surface area contributed by atoms with Gasteiger partial charge in [-0.2, -0.15) is 0 Å². The summed E-state index contributed by atoms with van der Waals surface area (Å²) in [5.41, 5.74) is -0.0600. The predicted octanol–water partition coefficient (Wildman–Crippen LogP) is 2.82. The van der Waals surface area contributed by atoms with E-state index < -0.39 is 17.7 Å². The summed E-state index contributed by atoms with van der Waals surface area (Å²) < 4.78 is 13.3. The lowest BCUT2D eigenvalue weighted by molar-refractivity contribution is 0.0698. The first-order chi connectivity index (χ1) is 9.49. The van der Waals surface area contributed by atoms with E-state index in [9.17, 15) is 14.0 Å². The summed E-state index contributed by atoms with van der Waals surface area (Å²) in [6.07, 6.45) is 2.49. The Kier molecular flexibility index (Phi) is 3.95. The van der Waals surface area contributed by atoms with Gasteiger partial charge in [-0.1, -0.05) is 11.6 Å². The lowest BCUT2D eigenvalue weighted by Gasteiger charge is -2.08. The SMILES string of the molecule is O=C(Nc1cnccc1C(=O)O)c1ccc(Cl)c(F)c1. The summed E-state index contributed by atoms with van der Waals surface area (Å²) in [5, 5.41) is 11.2. The van der Waals surface area contributed by atoms with E-state index >= 15 is 0 Å². The summed E-state index contributed by atoms with van der Waals surface area (Å²) in [7, 11) is 0. The monoisotopic (exact) mass is 294 g/mol. The fraction of sp³-hybridized carbons (Fsp3) is 0. The molecule has 0 atom stereocenters. The molecule has 5 nitrogen and oxygen atoms in total. The van der Waals surface area contributed by atoms with E-state index in [-0.39, 0.29) is 21.8 Å². The van der Waals surface area contributed by atoms with Crippen LogP contribution in [0.25, 0.3) is 0 Å². The third-order valence-electron chi connectivity index (χ3n) is 2.48. The number of aromatic carboxylic acids is 1. The molecule has 0 bridgehead atoms. The van der Waals surface area contributed by atoms with Crippen LogP contribution in [0.15, 0.2) is 36.7 Å². The van der Waals surface area contributed by atoms with Crippen LogP contribution in [-0.2, 0) is 0 Å². The second kappa shape index (κ2) is 5.66. The zero-order valence-corrected chi connectivity index (χ0v) is 10.7. The zero-order valence-electron chi connectivity index (χ0n) is 9.93. The minimum absolute atomic E-state index is 0.0205. The molecule has 1 heterocycles. The number of carboxylic acid groups (broad SMARTS) is 1. The summed E-state index contributed by atoms with van der Waals surface area (Å²) in [5.74, 6) is -2.59. The van der Waals surface area contributed by atoms with Gasteiger partial charge < -0.3 is 10.4 Å². The highest BCUT2D eigenvalue weighted by molar-refractivity contribution is 6.30. The molecule has 0 radical (unpaired) electrons. The Labute approximate surface area is 118 Å². The highest BCUT2D eigenvalue weighted by Gasteiger charge is 2.14. The molecule has 1 amide bonds. The van der Waals surface area contributed by atoms with E-state index in [2.05, 4.69) is 10.3 Å². The first-order valence-corrected chi connectivity index (χ1v) is 5.80. The third kappa shape index (κ3) is 2.92. The molecule has 1 aromatic carbocycles. The van der Waals surface area contributed by atoms with E-state index in [1.165, 1.54) is 30.6 Å². The van der Waals surface area contributed by atoms with Crippen molar-refractivity contribution in [3.8, 4) is 0 Å². The number of amides is 1. The molecule has 0 fully saturated rings. The number of rotatable bonds is 3. The van der Waals surface area contributed by atoms with Crippen molar-refractivity contribution in [1.82, 2.24) is 4.98 Å². The lowest BCUT2D eigenvalue weighted by Crippen LogP contribution is -2.15. The third-order valence-corrected chi connectivity index (χ3v) is 2.79. The van der Waals surface area contributed by atoms with Gasteiger partial charge >= 0.3 is 5.97 Å². The number of halogens is 2. The van der Waals surface area contributed by atoms with Crippen LogP contribution in [0.1, 0.15) is 20.7 Å². The van der Waals surface area contributed by atoms with Crippen LogP contribution in [0.3, 0.4) is 0 Å². The molecule has 1 aromatic heterocycles. The zero-order chi connectivity index (χ0) is 14.7. The number of nitrogens with zero attached hydrogens (tertiary/aromatic N) is 1. The fourth-order valence-electron chi connectivity index (χ4n) is 1.51. The number of aromatic nitrogens is 1. The van der Waals surface area contributed by atoms with Crippen molar-refractivity contribution in [2.75, 3.05) is 5.32 Å². The highest BCUT2D eigenvalue weighted by atomic mass is 35.5. The quantitative estimate of drug-likeness (QED) is 0.912. The highest BCUT2D eigenvalue weighted by Crippen LogP contribution is 2.18. The molecule has 20 heavy (non-hydrogen) atoms. The Balaban J connectivity index is 2.28. The summed E-state index contributed by atoms with van der Waals surface area (Å²) in [6, 6.07) is 4.79. The number of carboxylic acids is 1. The number of hydrogen-bond donors (Lipinski definition) is 2. The molecule has 0 unspecified atom stereocenters. The molecule has 102 valence electrons. The van der Waals surface area contributed by atoms with Crippen molar-refractivity contribution in [3.05, 3.63) is 58.6 Å². The number of anilines is 1. The Morgan fingerprint density at radius 1 is 1.30 bits per heavy atom. The van der Waals surface area contributed by atoms with E-state index in [0.717, 1.165) is 6.07 Å². The van der Waals surface area contributed by atoms with Gasteiger partial charge in [0.2, 0.25) is 0 Å². The van der Waals surface area contributed by atoms with E-state index in [4.69, 9.17) is 16.7 Å². The van der Waals surface area contributed by atoms with Gasteiger partial charge in [-0.05, 0) is 24.3 Å². The molecule has 7 heteroatoms. The molecule has 0 spiro atoms. The first kappa shape index (κ1) is 14.0. The average molecular weight is 295 g/mol. The molecule has 2 rings (SSSR count). The molecule has 2 aromatic rings. The molecule has 0 aliphatic carbocycles. The lowest BCUT2D eigenvalue weighted by atomic mass is 10.2. The van der Waals surface area contributed by atoms with Crippen LogP contribution in [0.4, 0.5) is 10.1 Å². The van der Waals surface area contributed by atoms with Gasteiger partial charge in [-0.15, -0.1) is 0 Å². The van der Waals surface area contributed by atoms with Crippen LogP contribution >= 0.6 is 11.6 Å². The molecule has 2 N–H and O–H groups in total. The van der Waals surface area contributed by atoms with Gasteiger partial charge in [0, 0.05) is 11.8 Å². The van der Waals surface area contributed by atoms with Gasteiger partial charge in [-0.25, -0.2) is 9.18 Å². The second-order valence-electron chi connectivity index (χ2n) is 3.81. The van der Waals surface area contributed by atoms with Crippen molar-refractivity contribution in [1.29, 1.82) is 0 Å². The van der Waals surface area contributed by atoms with Crippen molar-refractivity contribution < 1.29 is 19.1 Å². The number of carbonyl (C=O) groups excluding carboxylic acids is 1. The Bertz CT molecular complexity index is 691. The molecular formula is C13H8ClFN2O3. The van der Waals surface area contributed by atoms with Crippen LogP contribution in [0, 0.1) is 5.82 Å². The van der Waals surface area contributed by atoms with Crippen molar-refractivity contribution in [2.24, 2.45) is 0 Å². The predicted molar refractivity (Wildman–Crippen MR) is 70.6 cm³/mol. The Hall–Kier alpha value is -2.47. The van der Waals surface area contributed by atoms with Crippen LogP contribution in [0.2, 0.25) is 5.02 Å². The Morgan fingerprint density at radius 3 is 2.70 bits per heavy atom. The van der Waals surface area contributed by atoms with Crippen molar-refractivity contribution >= 4 is 29.2 Å². The first-order valence-electron chi connectivity index (χ1n) is 5.42. The maximum absolute atomic E-state index is 13.3. The standard InChI is InChI=1S/C13H8ClFN2O3/c14-9-2-1-7(5-10(9)15)12(18)17-11-6-16-4-3-8(11)13(19)20/h1-6H,(H,17,18)(H,19,20). The van der Waals surface area contributed by atoms with E-state index in [1.807, 2.05) is 0 Å². The average Bonchev–Trinajstić information content (AvgIpc) is 2.42. The number of carbonyl (C=O) groups is 2. The number of benzene rings is 1. The van der Waals surface area contributed by atoms with Crippen LogP contribution in [0.5, 0.6) is 0 Å². The molecule has 0 saturated carbocycles. The van der Waals surface area contributed by atoms with E-state index in [1.54, 1.807) is 0 Å². The number of nitrogens with one attached hydrogen (secondary N) is 1. The maximum atomic E-state index is 13.3. The van der Waals surface area contributed by atoms with Gasteiger partial charge in [0.05, 0.1) is 22.5 Å². The molecule has 0 aliphatic rings. The van der Waals surface area contributed by atoms with Gasteiger partial charge in [0.1, 0.15) is 5.82 Å². The van der Waals surface area contributed by atoms with E-state index in [0.29, 0.717) is 0 Å². The summed E-state index contributed by atoms with van der Waals surface area (Å²) >= 11 is 5.52. The molecular weight excluding hydrogens is 287 g/mol. The van der Waals surface area contributed by atoms with Crippen molar-refractivity contribution in [2.45, 2.75) is 0 Å². The van der Waals surface area contributed by atoms with Crippen LogP contribution < -0.4 is 5.32 Å². The van der Waals surface area contributed by atoms with Crippen LogP contribution in [-0.4, -0.2) is 22.0 Å². The molecule has 0 saturated heterocycles. The summed E-state index contributed by atoms with van der Waals surface area (Å²) in [4.78, 5) is 26.6. The van der Waals surface area contributed by atoms with Crippen molar-refractivity contribution in [3.63, 3.8) is 0 Å². The van der Waals surface area contributed by atoms with Gasteiger partial charge in [0.15, 0.2) is 0 Å². The second-order valence-corrected chi connectivity index (χ2v) is 4.22. The fourth-order valence-corrected chi connectivity index (χ4v) is 1.63. The smallest absolute Gasteiger partial charge is 0.337 e. The van der Waals surface area contributed by atoms with Gasteiger partial charge in [-0.3, -0.25) is 9.78 Å². The largest absolute Gasteiger partial charge is 0.478 e. The topological polar surface area (TPSA) is 79.3 Å². The minimum Gasteiger partial charge on any atom is -0.478 e. The minimum atomic E-state index is -1.20.